The van der Waals surface area contributed by atoms with Crippen molar-refractivity contribution in [3.63, 3.8) is 0 Å². The van der Waals surface area contributed by atoms with E-state index in [1.807, 2.05) is 30.3 Å². The lowest BCUT2D eigenvalue weighted by Gasteiger charge is -2.37. The number of piperidine rings is 1. The van der Waals surface area contributed by atoms with E-state index in [2.05, 4.69) is 5.32 Å². The van der Waals surface area contributed by atoms with E-state index in [4.69, 9.17) is 4.74 Å². The SMILES string of the molecule is CN(CCOCc1ccccc1)C(=O)C1(S(C)(=O)=O)CCNCC1. The Bertz CT molecular complexity index is 640. The van der Waals surface area contributed by atoms with Gasteiger partial charge >= 0.3 is 0 Å². The first-order valence-corrected chi connectivity index (χ1v) is 10.0. The highest BCUT2D eigenvalue weighted by molar-refractivity contribution is 7.92. The van der Waals surface area contributed by atoms with Gasteiger partial charge in [-0.2, -0.15) is 0 Å². The third kappa shape index (κ3) is 4.34. The second kappa shape index (κ2) is 8.09. The van der Waals surface area contributed by atoms with Gasteiger partial charge in [0.1, 0.15) is 0 Å². The Balaban J connectivity index is 1.90. The standard InChI is InChI=1S/C17H26N2O4S/c1-19(12-13-23-14-15-6-4-3-5-7-15)16(20)17(24(2,21)22)8-10-18-11-9-17/h3-7,18H,8-14H2,1-2H3. The molecule has 0 aromatic heterocycles. The average molecular weight is 354 g/mol. The van der Waals surface area contributed by atoms with Gasteiger partial charge in [0.15, 0.2) is 14.6 Å². The summed E-state index contributed by atoms with van der Waals surface area (Å²) in [6.45, 7) is 2.30. The number of nitrogens with zero attached hydrogens (tertiary/aromatic N) is 1. The maximum absolute atomic E-state index is 12.8. The zero-order valence-corrected chi connectivity index (χ0v) is 15.1. The van der Waals surface area contributed by atoms with Gasteiger partial charge in [0, 0.05) is 19.8 Å². The van der Waals surface area contributed by atoms with E-state index in [1.165, 1.54) is 4.90 Å². The Morgan fingerprint density at radius 2 is 1.88 bits per heavy atom. The summed E-state index contributed by atoms with van der Waals surface area (Å²) in [6.07, 6.45) is 1.80. The fourth-order valence-corrected chi connectivity index (χ4v) is 4.41. The number of hydrogen-bond acceptors (Lipinski definition) is 5. The van der Waals surface area contributed by atoms with Crippen LogP contribution in [0.15, 0.2) is 30.3 Å². The number of carbonyl (C=O) groups is 1. The highest BCUT2D eigenvalue weighted by Crippen LogP contribution is 2.29. The minimum absolute atomic E-state index is 0.319. The van der Waals surface area contributed by atoms with Crippen LogP contribution >= 0.6 is 0 Å². The van der Waals surface area contributed by atoms with E-state index in [1.54, 1.807) is 7.05 Å². The first-order valence-electron chi connectivity index (χ1n) is 8.14. The van der Waals surface area contributed by atoms with Gasteiger partial charge in [0.2, 0.25) is 5.91 Å². The van der Waals surface area contributed by atoms with E-state index >= 15 is 0 Å². The van der Waals surface area contributed by atoms with Gasteiger partial charge in [-0.15, -0.1) is 0 Å². The Morgan fingerprint density at radius 1 is 1.25 bits per heavy atom. The van der Waals surface area contributed by atoms with Crippen molar-refractivity contribution in [2.24, 2.45) is 0 Å². The first-order chi connectivity index (χ1) is 11.4. The summed E-state index contributed by atoms with van der Waals surface area (Å²) in [5.74, 6) is -0.324. The van der Waals surface area contributed by atoms with Crippen LogP contribution in [0.2, 0.25) is 0 Å². The summed E-state index contributed by atoms with van der Waals surface area (Å²) in [5, 5.41) is 3.12. The Labute approximate surface area is 144 Å². The van der Waals surface area contributed by atoms with E-state index in [9.17, 15) is 13.2 Å². The molecule has 0 bridgehead atoms. The molecule has 1 aliphatic heterocycles. The molecule has 1 aliphatic rings. The fraction of sp³-hybridized carbons (Fsp3) is 0.588. The van der Waals surface area contributed by atoms with E-state index in [0.29, 0.717) is 45.7 Å². The van der Waals surface area contributed by atoms with Gasteiger partial charge in [0.25, 0.3) is 0 Å². The zero-order valence-electron chi connectivity index (χ0n) is 14.3. The number of nitrogens with one attached hydrogen (secondary N) is 1. The molecule has 1 N–H and O–H groups in total. The molecule has 1 amide bonds. The van der Waals surface area contributed by atoms with Crippen LogP contribution in [-0.4, -0.2) is 63.5 Å². The Kier molecular flexibility index (Phi) is 6.37. The second-order valence-corrected chi connectivity index (χ2v) is 8.61. The quantitative estimate of drug-likeness (QED) is 0.734. The van der Waals surface area contributed by atoms with Crippen LogP contribution in [0.3, 0.4) is 0 Å². The van der Waals surface area contributed by atoms with Crippen LogP contribution in [0.5, 0.6) is 0 Å². The minimum atomic E-state index is -3.48. The third-order valence-electron chi connectivity index (χ3n) is 4.54. The molecule has 0 saturated carbocycles. The molecular weight excluding hydrogens is 328 g/mol. The summed E-state index contributed by atoms with van der Waals surface area (Å²) in [5.41, 5.74) is 1.07. The smallest absolute Gasteiger partial charge is 0.243 e. The summed E-state index contributed by atoms with van der Waals surface area (Å²) in [4.78, 5) is 14.3. The van der Waals surface area contributed by atoms with Crippen LogP contribution in [0.25, 0.3) is 0 Å². The normalized spacial score (nSPS) is 17.4. The molecule has 1 aromatic carbocycles. The van der Waals surface area contributed by atoms with Crippen molar-refractivity contribution < 1.29 is 17.9 Å². The maximum Gasteiger partial charge on any atom is 0.243 e. The van der Waals surface area contributed by atoms with Crippen molar-refractivity contribution in [3.05, 3.63) is 35.9 Å². The number of hydrogen-bond donors (Lipinski definition) is 1. The lowest BCUT2D eigenvalue weighted by atomic mass is 9.95. The number of carbonyl (C=O) groups excluding carboxylic acids is 1. The van der Waals surface area contributed by atoms with Gasteiger partial charge in [-0.3, -0.25) is 4.79 Å². The van der Waals surface area contributed by atoms with E-state index in [-0.39, 0.29) is 5.91 Å². The zero-order chi connectivity index (χ0) is 17.6. The Morgan fingerprint density at radius 3 is 2.46 bits per heavy atom. The predicted molar refractivity (Wildman–Crippen MR) is 93.4 cm³/mol. The molecule has 1 aromatic rings. The minimum Gasteiger partial charge on any atom is -0.375 e. The van der Waals surface area contributed by atoms with Crippen molar-refractivity contribution in [1.29, 1.82) is 0 Å². The van der Waals surface area contributed by atoms with Crippen molar-refractivity contribution in [3.8, 4) is 0 Å². The Hall–Kier alpha value is -1.44. The molecule has 0 radical (unpaired) electrons. The molecule has 0 atom stereocenters. The molecule has 0 unspecified atom stereocenters. The van der Waals surface area contributed by atoms with Gasteiger partial charge in [-0.1, -0.05) is 30.3 Å². The van der Waals surface area contributed by atoms with Crippen molar-refractivity contribution in [1.82, 2.24) is 10.2 Å². The predicted octanol–water partition coefficient (Wildman–Crippen LogP) is 0.828. The summed E-state index contributed by atoms with van der Waals surface area (Å²) < 4.78 is 28.8. The van der Waals surface area contributed by atoms with Crippen LogP contribution in [0.4, 0.5) is 0 Å². The average Bonchev–Trinajstić information content (AvgIpc) is 2.58. The molecule has 6 nitrogen and oxygen atoms in total. The molecular formula is C17H26N2O4S. The lowest BCUT2D eigenvalue weighted by molar-refractivity contribution is -0.134. The van der Waals surface area contributed by atoms with E-state index < -0.39 is 14.6 Å². The largest absolute Gasteiger partial charge is 0.375 e. The van der Waals surface area contributed by atoms with Gasteiger partial charge in [-0.05, 0) is 31.5 Å². The maximum atomic E-state index is 12.8. The number of amides is 1. The summed E-state index contributed by atoms with van der Waals surface area (Å²) >= 11 is 0. The van der Waals surface area contributed by atoms with Gasteiger partial charge < -0.3 is 15.0 Å². The molecule has 0 aliphatic carbocycles. The molecule has 1 saturated heterocycles. The topological polar surface area (TPSA) is 75.7 Å². The first kappa shape index (κ1) is 18.9. The molecule has 7 heteroatoms. The number of rotatable bonds is 7. The van der Waals surface area contributed by atoms with Crippen LogP contribution in [0, 0.1) is 0 Å². The fourth-order valence-electron chi connectivity index (χ4n) is 2.99. The van der Waals surface area contributed by atoms with Crippen LogP contribution in [0.1, 0.15) is 18.4 Å². The number of benzene rings is 1. The van der Waals surface area contributed by atoms with Crippen LogP contribution in [-0.2, 0) is 26.0 Å². The van der Waals surface area contributed by atoms with Crippen molar-refractivity contribution >= 4 is 15.7 Å². The molecule has 1 heterocycles. The lowest BCUT2D eigenvalue weighted by Crippen LogP contribution is -2.57. The molecule has 24 heavy (non-hydrogen) atoms. The molecule has 1 fully saturated rings. The summed E-state index contributed by atoms with van der Waals surface area (Å²) in [6, 6.07) is 9.79. The highest BCUT2D eigenvalue weighted by atomic mass is 32.2. The van der Waals surface area contributed by atoms with Gasteiger partial charge in [0.05, 0.1) is 13.2 Å². The number of likely N-dealkylation sites (N-methyl/N-ethyl adjacent to an activating group) is 1. The monoisotopic (exact) mass is 354 g/mol. The number of ether oxygens (including phenoxy) is 1. The molecule has 0 spiro atoms. The van der Waals surface area contributed by atoms with Crippen LogP contribution < -0.4 is 5.32 Å². The molecule has 2 rings (SSSR count). The number of sulfone groups is 1. The van der Waals surface area contributed by atoms with Gasteiger partial charge in [-0.25, -0.2) is 8.42 Å². The third-order valence-corrected chi connectivity index (χ3v) is 6.54. The molecule has 134 valence electrons. The van der Waals surface area contributed by atoms with Crippen molar-refractivity contribution in [2.75, 3.05) is 39.5 Å². The second-order valence-electron chi connectivity index (χ2n) is 6.28. The van der Waals surface area contributed by atoms with Crippen molar-refractivity contribution in [2.45, 2.75) is 24.2 Å². The summed E-state index contributed by atoms with van der Waals surface area (Å²) in [7, 11) is -1.84. The van der Waals surface area contributed by atoms with E-state index in [0.717, 1.165) is 11.8 Å². The highest BCUT2D eigenvalue weighted by Gasteiger charge is 2.49.